The van der Waals surface area contributed by atoms with Crippen LogP contribution < -0.4 is 0 Å². The van der Waals surface area contributed by atoms with Crippen molar-refractivity contribution in [3.05, 3.63) is 65.6 Å². The van der Waals surface area contributed by atoms with Crippen LogP contribution in [-0.2, 0) is 4.74 Å². The number of halogens is 1. The summed E-state index contributed by atoms with van der Waals surface area (Å²) in [7, 11) is 0. The van der Waals surface area contributed by atoms with E-state index >= 15 is 0 Å². The number of aryl methyl sites for hydroxylation is 1. The summed E-state index contributed by atoms with van der Waals surface area (Å²) in [5, 5.41) is 11.0. The third kappa shape index (κ3) is 2.71. The monoisotopic (exact) mass is 351 g/mol. The molecule has 0 radical (unpaired) electrons. The Labute approximate surface area is 152 Å². The molecule has 4 heteroatoms. The number of aromatic hydroxyl groups is 1. The highest BCUT2D eigenvalue weighted by Crippen LogP contribution is 2.40. The number of hydrogen-bond acceptors (Lipinski definition) is 2. The Balaban J connectivity index is 2.05. The molecule has 0 amide bonds. The number of aromatic nitrogens is 1. The van der Waals surface area contributed by atoms with Crippen LogP contribution in [0, 0.1) is 12.7 Å². The van der Waals surface area contributed by atoms with Crippen molar-refractivity contribution in [1.82, 2.24) is 4.57 Å². The molecule has 3 aromatic rings. The minimum atomic E-state index is -0.209. The normalized spacial score (nSPS) is 15.5. The van der Waals surface area contributed by atoms with E-state index in [4.69, 9.17) is 4.74 Å². The maximum atomic E-state index is 13.8. The largest absolute Gasteiger partial charge is 0.508 e. The zero-order valence-corrected chi connectivity index (χ0v) is 14.8. The fourth-order valence-corrected chi connectivity index (χ4v) is 3.96. The number of fused-ring (bicyclic) bond motifs is 1. The highest BCUT2D eigenvalue weighted by Gasteiger charge is 2.26. The number of phenols is 1. The maximum absolute atomic E-state index is 13.8. The van der Waals surface area contributed by atoms with Gasteiger partial charge in [-0.25, -0.2) is 4.39 Å². The molecule has 0 bridgehead atoms. The van der Waals surface area contributed by atoms with Crippen molar-refractivity contribution < 1.29 is 14.2 Å². The second-order valence-electron chi connectivity index (χ2n) is 6.86. The molecule has 4 rings (SSSR count). The predicted molar refractivity (Wildman–Crippen MR) is 103 cm³/mol. The number of rotatable bonds is 3. The van der Waals surface area contributed by atoms with Crippen LogP contribution in [0.4, 0.5) is 4.39 Å². The van der Waals surface area contributed by atoms with E-state index in [1.54, 1.807) is 19.1 Å². The minimum absolute atomic E-state index is 0.209. The summed E-state index contributed by atoms with van der Waals surface area (Å²) in [6, 6.07) is 10.6. The van der Waals surface area contributed by atoms with Crippen LogP contribution in [0.2, 0.25) is 0 Å². The number of ether oxygens (including phenoxy) is 1. The summed E-state index contributed by atoms with van der Waals surface area (Å²) < 4.78 is 21.6. The molecule has 2 aromatic carbocycles. The molecule has 134 valence electrons. The van der Waals surface area contributed by atoms with Gasteiger partial charge in [-0.3, -0.25) is 0 Å². The zero-order valence-electron chi connectivity index (χ0n) is 14.8. The number of nitrogens with zero attached hydrogens (tertiary/aromatic N) is 1. The van der Waals surface area contributed by atoms with Crippen LogP contribution in [-0.4, -0.2) is 22.9 Å². The molecule has 1 N–H and O–H groups in total. The van der Waals surface area contributed by atoms with E-state index in [0.717, 1.165) is 53.9 Å². The molecule has 1 saturated heterocycles. The van der Waals surface area contributed by atoms with Crippen molar-refractivity contribution in [2.75, 3.05) is 13.2 Å². The highest BCUT2D eigenvalue weighted by atomic mass is 19.1. The Morgan fingerprint density at radius 3 is 2.65 bits per heavy atom. The molecule has 2 heterocycles. The summed E-state index contributed by atoms with van der Waals surface area (Å²) in [6.45, 7) is 7.26. The number of phenolic OH excluding ortho intramolecular Hbond substituents is 1. The van der Waals surface area contributed by atoms with Crippen molar-refractivity contribution in [2.45, 2.75) is 25.7 Å². The fourth-order valence-electron chi connectivity index (χ4n) is 3.96. The van der Waals surface area contributed by atoms with Crippen molar-refractivity contribution in [1.29, 1.82) is 0 Å². The Hall–Kier alpha value is -2.59. The molecule has 1 fully saturated rings. The van der Waals surface area contributed by atoms with Gasteiger partial charge in [-0.05, 0) is 61.7 Å². The van der Waals surface area contributed by atoms with E-state index in [9.17, 15) is 9.50 Å². The van der Waals surface area contributed by atoms with Crippen LogP contribution in [0.25, 0.3) is 22.7 Å². The molecular formula is C22H22FNO2. The van der Waals surface area contributed by atoms with Crippen LogP contribution in [0.5, 0.6) is 5.75 Å². The standard InChI is InChI=1S/C22H22FNO2/c1-3-18-19-13-17(25)5-7-21(19)24(16-4-6-20(23)14(2)12-16)22(18)15-8-10-26-11-9-15/h3-7,12-13,15,25H,1,8-11H2,2H3. The SMILES string of the molecule is C=Cc1c(C2CCOCC2)n(-c2ccc(F)c(C)c2)c2ccc(O)cc12. The van der Waals surface area contributed by atoms with Crippen LogP contribution in [0.1, 0.15) is 35.6 Å². The van der Waals surface area contributed by atoms with Gasteiger partial charge in [0, 0.05) is 41.5 Å². The summed E-state index contributed by atoms with van der Waals surface area (Å²) in [6.07, 6.45) is 3.73. The number of benzene rings is 2. The minimum Gasteiger partial charge on any atom is -0.508 e. The summed E-state index contributed by atoms with van der Waals surface area (Å²) in [4.78, 5) is 0. The van der Waals surface area contributed by atoms with E-state index in [1.807, 2.05) is 24.3 Å². The molecule has 0 unspecified atom stereocenters. The Bertz CT molecular complexity index is 983. The highest BCUT2D eigenvalue weighted by molar-refractivity contribution is 5.93. The first-order valence-corrected chi connectivity index (χ1v) is 8.94. The molecule has 3 nitrogen and oxygen atoms in total. The van der Waals surface area contributed by atoms with Crippen molar-refractivity contribution >= 4 is 17.0 Å². The van der Waals surface area contributed by atoms with Gasteiger partial charge in [-0.2, -0.15) is 0 Å². The van der Waals surface area contributed by atoms with Gasteiger partial charge in [0.25, 0.3) is 0 Å². The van der Waals surface area contributed by atoms with Gasteiger partial charge >= 0.3 is 0 Å². The van der Waals surface area contributed by atoms with Crippen LogP contribution >= 0.6 is 0 Å². The van der Waals surface area contributed by atoms with E-state index < -0.39 is 0 Å². The summed E-state index contributed by atoms with van der Waals surface area (Å²) >= 11 is 0. The molecular weight excluding hydrogens is 329 g/mol. The van der Waals surface area contributed by atoms with Gasteiger partial charge in [0.15, 0.2) is 0 Å². The third-order valence-electron chi connectivity index (χ3n) is 5.24. The zero-order chi connectivity index (χ0) is 18.3. The second kappa shape index (κ2) is 6.61. The third-order valence-corrected chi connectivity index (χ3v) is 5.24. The molecule has 0 aliphatic carbocycles. The van der Waals surface area contributed by atoms with Gasteiger partial charge in [0.1, 0.15) is 11.6 Å². The lowest BCUT2D eigenvalue weighted by Crippen LogP contribution is -2.17. The van der Waals surface area contributed by atoms with E-state index in [1.165, 1.54) is 6.07 Å². The van der Waals surface area contributed by atoms with Gasteiger partial charge in [-0.1, -0.05) is 12.7 Å². The predicted octanol–water partition coefficient (Wildman–Crippen LogP) is 5.32. The molecule has 1 aliphatic heterocycles. The van der Waals surface area contributed by atoms with E-state index in [0.29, 0.717) is 11.5 Å². The first-order chi connectivity index (χ1) is 12.6. The quantitative estimate of drug-likeness (QED) is 0.693. The lowest BCUT2D eigenvalue weighted by atomic mass is 9.92. The van der Waals surface area contributed by atoms with Crippen LogP contribution in [0.15, 0.2) is 43.0 Å². The Morgan fingerprint density at radius 1 is 1.19 bits per heavy atom. The van der Waals surface area contributed by atoms with E-state index in [-0.39, 0.29) is 11.6 Å². The fraction of sp³-hybridized carbons (Fsp3) is 0.273. The molecule has 1 aromatic heterocycles. The average Bonchev–Trinajstić information content (AvgIpc) is 2.98. The van der Waals surface area contributed by atoms with Crippen molar-refractivity contribution in [3.8, 4) is 11.4 Å². The first-order valence-electron chi connectivity index (χ1n) is 8.94. The lowest BCUT2D eigenvalue weighted by Gasteiger charge is -2.25. The topological polar surface area (TPSA) is 34.4 Å². The maximum Gasteiger partial charge on any atom is 0.126 e. The van der Waals surface area contributed by atoms with Gasteiger partial charge in [-0.15, -0.1) is 0 Å². The van der Waals surface area contributed by atoms with Crippen molar-refractivity contribution in [2.24, 2.45) is 0 Å². The lowest BCUT2D eigenvalue weighted by molar-refractivity contribution is 0.0842. The smallest absolute Gasteiger partial charge is 0.126 e. The molecule has 0 spiro atoms. The van der Waals surface area contributed by atoms with Gasteiger partial charge in [0.2, 0.25) is 0 Å². The van der Waals surface area contributed by atoms with E-state index in [2.05, 4.69) is 11.1 Å². The number of hydrogen-bond donors (Lipinski definition) is 1. The summed E-state index contributed by atoms with van der Waals surface area (Å²) in [5.41, 5.74) is 4.72. The first kappa shape index (κ1) is 16.9. The second-order valence-corrected chi connectivity index (χ2v) is 6.86. The molecule has 0 saturated carbocycles. The van der Waals surface area contributed by atoms with Crippen molar-refractivity contribution in [3.63, 3.8) is 0 Å². The Kier molecular flexibility index (Phi) is 4.29. The molecule has 26 heavy (non-hydrogen) atoms. The molecule has 0 atom stereocenters. The Morgan fingerprint density at radius 2 is 1.96 bits per heavy atom. The van der Waals surface area contributed by atoms with Gasteiger partial charge < -0.3 is 14.4 Å². The van der Waals surface area contributed by atoms with Crippen LogP contribution in [0.3, 0.4) is 0 Å². The summed E-state index contributed by atoms with van der Waals surface area (Å²) in [5.74, 6) is 0.350. The molecule has 1 aliphatic rings. The van der Waals surface area contributed by atoms with Gasteiger partial charge in [0.05, 0.1) is 5.52 Å². The average molecular weight is 351 g/mol.